The summed E-state index contributed by atoms with van der Waals surface area (Å²) in [6.45, 7) is 0. The molecule has 108 valence electrons. The lowest BCUT2D eigenvalue weighted by molar-refractivity contribution is -0.389. The predicted molar refractivity (Wildman–Crippen MR) is 78.0 cm³/mol. The van der Waals surface area contributed by atoms with Gasteiger partial charge in [-0.15, -0.1) is 11.3 Å². The zero-order chi connectivity index (χ0) is 15.0. The number of thiophene rings is 1. The molecule has 0 saturated carbocycles. The maximum Gasteiger partial charge on any atom is 0.372 e. The van der Waals surface area contributed by atoms with Crippen LogP contribution in [-0.4, -0.2) is 25.4 Å². The molecule has 0 radical (unpaired) electrons. The lowest BCUT2D eigenvalue weighted by Gasteiger charge is -2.11. The number of nitro groups is 1. The Bertz CT molecular complexity index is 808. The smallest absolute Gasteiger partial charge is 0.372 e. The SMILES string of the molecule is O=C(O)C(Nc1nc2sccn2c1[N+](=O)[O-])c1cccs1. The Labute approximate surface area is 125 Å². The number of carbonyl (C=O) groups is 1. The topological polar surface area (TPSA) is 110 Å². The Kier molecular flexibility index (Phi) is 3.31. The minimum absolute atomic E-state index is 0.0485. The van der Waals surface area contributed by atoms with Crippen molar-refractivity contribution in [2.45, 2.75) is 6.04 Å². The van der Waals surface area contributed by atoms with E-state index < -0.39 is 16.9 Å². The summed E-state index contributed by atoms with van der Waals surface area (Å²) in [4.78, 5) is 27.1. The summed E-state index contributed by atoms with van der Waals surface area (Å²) in [6.07, 6.45) is 1.53. The van der Waals surface area contributed by atoms with E-state index in [-0.39, 0.29) is 11.6 Å². The molecule has 0 aromatic carbocycles. The summed E-state index contributed by atoms with van der Waals surface area (Å²) in [5, 5.41) is 26.6. The summed E-state index contributed by atoms with van der Waals surface area (Å²) in [5.41, 5.74) is 0. The van der Waals surface area contributed by atoms with Crippen molar-refractivity contribution < 1.29 is 14.8 Å². The molecule has 0 aliphatic heterocycles. The second kappa shape index (κ2) is 5.14. The molecule has 8 nitrogen and oxygen atoms in total. The summed E-state index contributed by atoms with van der Waals surface area (Å²) in [6, 6.07) is 2.30. The molecular weight excluding hydrogens is 316 g/mol. The fourth-order valence-corrected chi connectivity index (χ4v) is 3.37. The number of carboxylic acids is 1. The number of nitrogens with zero attached hydrogens (tertiary/aromatic N) is 3. The van der Waals surface area contributed by atoms with Crippen LogP contribution in [0.2, 0.25) is 0 Å². The standard InChI is InChI=1S/C11H8N4O4S2/c16-10(17)7(6-2-1-4-20-6)12-8-9(15(18)19)14-3-5-21-11(14)13-8/h1-5,7,12H,(H,16,17). The zero-order valence-electron chi connectivity index (χ0n) is 10.3. The van der Waals surface area contributed by atoms with E-state index in [1.807, 2.05) is 0 Å². The number of rotatable bonds is 5. The van der Waals surface area contributed by atoms with Gasteiger partial charge in [0.2, 0.25) is 5.82 Å². The molecular formula is C11H8N4O4S2. The van der Waals surface area contributed by atoms with Crippen LogP contribution in [-0.2, 0) is 4.79 Å². The average Bonchev–Trinajstić information content (AvgIpc) is 3.11. The number of thiazole rings is 1. The molecule has 0 spiro atoms. The first-order valence-corrected chi connectivity index (χ1v) is 7.46. The van der Waals surface area contributed by atoms with Gasteiger partial charge in [0, 0.05) is 10.3 Å². The summed E-state index contributed by atoms with van der Waals surface area (Å²) >= 11 is 2.49. The number of hydrogen-bond acceptors (Lipinski definition) is 7. The average molecular weight is 324 g/mol. The Morgan fingerprint density at radius 2 is 2.29 bits per heavy atom. The maximum atomic E-state index is 11.4. The molecule has 0 aliphatic rings. The highest BCUT2D eigenvalue weighted by atomic mass is 32.1. The van der Waals surface area contributed by atoms with Crippen LogP contribution in [0.1, 0.15) is 10.9 Å². The molecule has 0 aliphatic carbocycles. The highest BCUT2D eigenvalue weighted by molar-refractivity contribution is 7.15. The van der Waals surface area contributed by atoms with E-state index in [4.69, 9.17) is 0 Å². The van der Waals surface area contributed by atoms with Crippen LogP contribution in [0.4, 0.5) is 11.6 Å². The second-order valence-corrected chi connectivity index (χ2v) is 5.88. The molecule has 21 heavy (non-hydrogen) atoms. The third-order valence-corrected chi connectivity index (χ3v) is 4.46. The highest BCUT2D eigenvalue weighted by Crippen LogP contribution is 2.32. The lowest BCUT2D eigenvalue weighted by atomic mass is 10.2. The van der Waals surface area contributed by atoms with E-state index in [9.17, 15) is 20.0 Å². The van der Waals surface area contributed by atoms with Crippen molar-refractivity contribution >= 4 is 45.2 Å². The number of aliphatic carboxylic acids is 1. The van der Waals surface area contributed by atoms with Gasteiger partial charge in [0.05, 0.1) is 0 Å². The largest absolute Gasteiger partial charge is 0.479 e. The first kappa shape index (κ1) is 13.5. The molecule has 0 saturated heterocycles. The number of hydrogen-bond donors (Lipinski definition) is 2. The highest BCUT2D eigenvalue weighted by Gasteiger charge is 2.29. The van der Waals surface area contributed by atoms with Crippen LogP contribution in [0.5, 0.6) is 0 Å². The normalized spacial score (nSPS) is 12.4. The van der Waals surface area contributed by atoms with Crippen molar-refractivity contribution in [1.29, 1.82) is 0 Å². The van der Waals surface area contributed by atoms with E-state index in [0.717, 1.165) is 0 Å². The van der Waals surface area contributed by atoms with Crippen molar-refractivity contribution in [3.63, 3.8) is 0 Å². The van der Waals surface area contributed by atoms with E-state index in [1.54, 1.807) is 22.9 Å². The first-order valence-electron chi connectivity index (χ1n) is 5.70. The molecule has 3 aromatic rings. The zero-order valence-corrected chi connectivity index (χ0v) is 11.9. The van der Waals surface area contributed by atoms with Crippen LogP contribution in [0.15, 0.2) is 29.1 Å². The Hall–Kier alpha value is -2.46. The minimum Gasteiger partial charge on any atom is -0.479 e. The van der Waals surface area contributed by atoms with Crippen molar-refractivity contribution in [1.82, 2.24) is 9.38 Å². The van der Waals surface area contributed by atoms with Crippen LogP contribution in [0.25, 0.3) is 4.96 Å². The van der Waals surface area contributed by atoms with Crippen molar-refractivity contribution in [2.24, 2.45) is 0 Å². The van der Waals surface area contributed by atoms with Gasteiger partial charge in [0.15, 0.2) is 6.04 Å². The summed E-state index contributed by atoms with van der Waals surface area (Å²) in [7, 11) is 0. The number of imidazole rings is 1. The molecule has 1 atom stereocenters. The van der Waals surface area contributed by atoms with Crippen molar-refractivity contribution in [3.05, 3.63) is 44.1 Å². The van der Waals surface area contributed by atoms with E-state index in [2.05, 4.69) is 10.3 Å². The minimum atomic E-state index is -1.12. The molecule has 0 amide bonds. The van der Waals surface area contributed by atoms with Gasteiger partial charge in [-0.25, -0.2) is 4.79 Å². The summed E-state index contributed by atoms with van der Waals surface area (Å²) in [5.74, 6) is -1.44. The van der Waals surface area contributed by atoms with Gasteiger partial charge in [-0.2, -0.15) is 9.38 Å². The fourth-order valence-electron chi connectivity index (χ4n) is 1.89. The molecule has 3 heterocycles. The van der Waals surface area contributed by atoms with E-state index in [1.165, 1.54) is 33.3 Å². The van der Waals surface area contributed by atoms with Gasteiger partial charge in [-0.3, -0.25) is 0 Å². The predicted octanol–water partition coefficient (Wildman–Crippen LogP) is 2.60. The van der Waals surface area contributed by atoms with Crippen LogP contribution in [0, 0.1) is 10.1 Å². The third kappa shape index (κ3) is 2.34. The van der Waals surface area contributed by atoms with Crippen molar-refractivity contribution in [2.75, 3.05) is 5.32 Å². The van der Waals surface area contributed by atoms with E-state index in [0.29, 0.717) is 9.84 Å². The molecule has 1 unspecified atom stereocenters. The monoisotopic (exact) mass is 324 g/mol. The van der Waals surface area contributed by atoms with Gasteiger partial charge in [0.25, 0.3) is 4.96 Å². The number of anilines is 1. The maximum absolute atomic E-state index is 11.4. The van der Waals surface area contributed by atoms with Gasteiger partial charge in [0.1, 0.15) is 6.20 Å². The van der Waals surface area contributed by atoms with Gasteiger partial charge in [-0.1, -0.05) is 17.4 Å². The van der Waals surface area contributed by atoms with Crippen LogP contribution in [0.3, 0.4) is 0 Å². The molecule has 2 N–H and O–H groups in total. The van der Waals surface area contributed by atoms with Gasteiger partial charge in [-0.05, 0) is 16.4 Å². The fraction of sp³-hybridized carbons (Fsp3) is 0.0909. The quantitative estimate of drug-likeness (QED) is 0.551. The number of nitrogens with one attached hydrogen (secondary N) is 1. The Balaban J connectivity index is 2.04. The van der Waals surface area contributed by atoms with Crippen molar-refractivity contribution in [3.8, 4) is 0 Å². The number of aromatic nitrogens is 2. The number of carboxylic acid groups (broad SMARTS) is 1. The second-order valence-electron chi connectivity index (χ2n) is 4.03. The molecule has 10 heteroatoms. The Morgan fingerprint density at radius 3 is 2.90 bits per heavy atom. The van der Waals surface area contributed by atoms with Crippen LogP contribution >= 0.6 is 22.7 Å². The molecule has 3 rings (SSSR count). The first-order chi connectivity index (χ1) is 10.1. The molecule has 0 fully saturated rings. The van der Waals surface area contributed by atoms with Gasteiger partial charge >= 0.3 is 11.8 Å². The van der Waals surface area contributed by atoms with Gasteiger partial charge < -0.3 is 20.5 Å². The number of fused-ring (bicyclic) bond motifs is 1. The molecule has 3 aromatic heterocycles. The summed E-state index contributed by atoms with van der Waals surface area (Å²) < 4.78 is 1.32. The third-order valence-electron chi connectivity index (χ3n) is 2.77. The Morgan fingerprint density at radius 1 is 1.48 bits per heavy atom. The van der Waals surface area contributed by atoms with Crippen LogP contribution < -0.4 is 5.32 Å². The molecule has 0 bridgehead atoms. The lowest BCUT2D eigenvalue weighted by Crippen LogP contribution is -2.20. The van der Waals surface area contributed by atoms with E-state index >= 15 is 0 Å².